The summed E-state index contributed by atoms with van der Waals surface area (Å²) in [6.45, 7) is 3.18. The molecule has 2 nitrogen and oxygen atoms in total. The zero-order valence-corrected chi connectivity index (χ0v) is 10.0. The number of hydrogen-bond donors (Lipinski definition) is 2. The molecule has 0 spiro atoms. The lowest BCUT2D eigenvalue weighted by Gasteiger charge is -2.06. The molecule has 0 aromatic heterocycles. The quantitative estimate of drug-likeness (QED) is 0.719. The van der Waals surface area contributed by atoms with Gasteiger partial charge in [0.1, 0.15) is 0 Å². The predicted octanol–water partition coefficient (Wildman–Crippen LogP) is 2.26. The van der Waals surface area contributed by atoms with Gasteiger partial charge in [0.05, 0.1) is 0 Å². The Balaban J connectivity index is 1.65. The van der Waals surface area contributed by atoms with Gasteiger partial charge in [-0.1, -0.05) is 30.3 Å². The third-order valence-corrected chi connectivity index (χ3v) is 3.26. The number of rotatable bonds is 6. The minimum absolute atomic E-state index is 0.339. The van der Waals surface area contributed by atoms with Gasteiger partial charge >= 0.3 is 0 Å². The summed E-state index contributed by atoms with van der Waals surface area (Å²) in [5.74, 6) is 0.747. The van der Waals surface area contributed by atoms with Crippen molar-refractivity contribution >= 4 is 0 Å². The molecule has 16 heavy (non-hydrogen) atoms. The first-order valence-corrected chi connectivity index (χ1v) is 6.31. The molecule has 0 bridgehead atoms. The van der Waals surface area contributed by atoms with Crippen LogP contribution in [0.25, 0.3) is 0 Å². The van der Waals surface area contributed by atoms with Gasteiger partial charge in [0.2, 0.25) is 0 Å². The Morgan fingerprint density at radius 3 is 2.81 bits per heavy atom. The molecule has 3 N–H and O–H groups in total. The van der Waals surface area contributed by atoms with Crippen LogP contribution in [0.5, 0.6) is 0 Å². The fraction of sp³-hybridized carbons (Fsp3) is 0.571. The monoisotopic (exact) mass is 218 g/mol. The number of hydrogen-bond acceptors (Lipinski definition) is 2. The van der Waals surface area contributed by atoms with Crippen molar-refractivity contribution in [2.24, 2.45) is 5.73 Å². The normalized spacial score (nSPS) is 25.4. The van der Waals surface area contributed by atoms with Gasteiger partial charge in [-0.15, -0.1) is 0 Å². The van der Waals surface area contributed by atoms with Gasteiger partial charge in [0.15, 0.2) is 0 Å². The number of nitrogens with two attached hydrogens (primary N) is 1. The van der Waals surface area contributed by atoms with E-state index < -0.39 is 0 Å². The second-order valence-corrected chi connectivity index (χ2v) is 4.93. The van der Waals surface area contributed by atoms with Crippen molar-refractivity contribution in [2.75, 3.05) is 6.54 Å². The highest BCUT2D eigenvalue weighted by Crippen LogP contribution is 2.40. The molecule has 1 aromatic carbocycles. The molecular formula is C14H22N2. The zero-order valence-electron chi connectivity index (χ0n) is 10.0. The highest BCUT2D eigenvalue weighted by atomic mass is 15.0. The van der Waals surface area contributed by atoms with Crippen LogP contribution < -0.4 is 11.1 Å². The first-order valence-electron chi connectivity index (χ1n) is 6.31. The Morgan fingerprint density at radius 1 is 1.38 bits per heavy atom. The molecule has 0 saturated heterocycles. The van der Waals surface area contributed by atoms with Crippen LogP contribution in [0.2, 0.25) is 0 Å². The summed E-state index contributed by atoms with van der Waals surface area (Å²) in [5.41, 5.74) is 7.19. The zero-order chi connectivity index (χ0) is 11.4. The molecule has 2 rings (SSSR count). The first-order chi connectivity index (χ1) is 7.77. The Hall–Kier alpha value is -0.860. The van der Waals surface area contributed by atoms with Crippen molar-refractivity contribution in [3.8, 4) is 0 Å². The summed E-state index contributed by atoms with van der Waals surface area (Å²) in [7, 11) is 0. The summed E-state index contributed by atoms with van der Waals surface area (Å²) >= 11 is 0. The average Bonchev–Trinajstić information content (AvgIpc) is 3.05. The highest BCUT2D eigenvalue weighted by Gasteiger charge is 2.37. The van der Waals surface area contributed by atoms with Gasteiger partial charge in [-0.3, -0.25) is 0 Å². The third-order valence-electron chi connectivity index (χ3n) is 3.26. The molecule has 1 saturated carbocycles. The van der Waals surface area contributed by atoms with E-state index in [1.807, 2.05) is 0 Å². The molecule has 1 fully saturated rings. The van der Waals surface area contributed by atoms with E-state index in [9.17, 15) is 0 Å². The van der Waals surface area contributed by atoms with E-state index in [2.05, 4.69) is 42.6 Å². The van der Waals surface area contributed by atoms with Gasteiger partial charge in [0.25, 0.3) is 0 Å². The van der Waals surface area contributed by atoms with Crippen molar-refractivity contribution in [3.05, 3.63) is 35.9 Å². The summed E-state index contributed by atoms with van der Waals surface area (Å²) in [6.07, 6.45) is 3.60. The lowest BCUT2D eigenvalue weighted by molar-refractivity contribution is 0.569. The largest absolute Gasteiger partial charge is 0.328 e. The van der Waals surface area contributed by atoms with Crippen LogP contribution in [0.4, 0.5) is 0 Å². The van der Waals surface area contributed by atoms with Gasteiger partial charge in [-0.2, -0.15) is 0 Å². The second-order valence-electron chi connectivity index (χ2n) is 4.93. The topological polar surface area (TPSA) is 38.0 Å². The van der Waals surface area contributed by atoms with Crippen molar-refractivity contribution in [2.45, 2.75) is 44.2 Å². The maximum Gasteiger partial charge on any atom is 0.0143 e. The lowest BCUT2D eigenvalue weighted by atomic mass is 10.1. The number of nitrogens with one attached hydrogen (secondary N) is 1. The van der Waals surface area contributed by atoms with E-state index in [0.29, 0.717) is 12.1 Å². The van der Waals surface area contributed by atoms with E-state index in [1.165, 1.54) is 18.4 Å². The fourth-order valence-corrected chi connectivity index (χ4v) is 2.20. The van der Waals surface area contributed by atoms with E-state index in [4.69, 9.17) is 5.73 Å². The Kier molecular flexibility index (Phi) is 3.97. The Bertz CT molecular complexity index is 308. The summed E-state index contributed by atoms with van der Waals surface area (Å²) in [5, 5.41) is 3.60. The van der Waals surface area contributed by atoms with E-state index >= 15 is 0 Å². The molecule has 88 valence electrons. The second kappa shape index (κ2) is 5.46. The first kappa shape index (κ1) is 11.6. The Labute approximate surface area is 98.2 Å². The van der Waals surface area contributed by atoms with Crippen molar-refractivity contribution < 1.29 is 0 Å². The molecule has 0 amide bonds. The Morgan fingerprint density at radius 2 is 2.12 bits per heavy atom. The van der Waals surface area contributed by atoms with Crippen molar-refractivity contribution in [1.29, 1.82) is 0 Å². The molecule has 3 unspecified atom stereocenters. The maximum absolute atomic E-state index is 5.72. The van der Waals surface area contributed by atoms with E-state index in [-0.39, 0.29) is 0 Å². The summed E-state index contributed by atoms with van der Waals surface area (Å²) < 4.78 is 0. The summed E-state index contributed by atoms with van der Waals surface area (Å²) in [4.78, 5) is 0. The molecule has 0 radical (unpaired) electrons. The van der Waals surface area contributed by atoms with E-state index in [0.717, 1.165) is 18.9 Å². The molecule has 1 aromatic rings. The van der Waals surface area contributed by atoms with Gasteiger partial charge in [0, 0.05) is 18.0 Å². The minimum Gasteiger partial charge on any atom is -0.328 e. The smallest absolute Gasteiger partial charge is 0.0143 e. The van der Waals surface area contributed by atoms with Gasteiger partial charge < -0.3 is 11.1 Å². The SMILES string of the molecule is CC(N)CCCNC1CC1c1ccccc1. The van der Waals surface area contributed by atoms with Crippen LogP contribution >= 0.6 is 0 Å². The molecule has 1 aliphatic carbocycles. The number of benzene rings is 1. The van der Waals surface area contributed by atoms with E-state index in [1.54, 1.807) is 0 Å². The highest BCUT2D eigenvalue weighted by molar-refractivity contribution is 5.27. The van der Waals surface area contributed by atoms with Gasteiger partial charge in [-0.05, 0) is 38.3 Å². The fourth-order valence-electron chi connectivity index (χ4n) is 2.20. The van der Waals surface area contributed by atoms with Crippen LogP contribution in [0.15, 0.2) is 30.3 Å². The van der Waals surface area contributed by atoms with Gasteiger partial charge in [-0.25, -0.2) is 0 Å². The molecule has 2 heteroatoms. The lowest BCUT2D eigenvalue weighted by Crippen LogP contribution is -2.22. The third kappa shape index (κ3) is 3.32. The predicted molar refractivity (Wildman–Crippen MR) is 68.5 cm³/mol. The van der Waals surface area contributed by atoms with Crippen molar-refractivity contribution in [1.82, 2.24) is 5.32 Å². The summed E-state index contributed by atoms with van der Waals surface area (Å²) in [6, 6.07) is 11.8. The van der Waals surface area contributed by atoms with Crippen LogP contribution in [-0.4, -0.2) is 18.6 Å². The standard InChI is InChI=1S/C14H22N2/c1-11(15)6-5-9-16-14-10-13(14)12-7-3-2-4-8-12/h2-4,7-8,11,13-14,16H,5-6,9-10,15H2,1H3. The van der Waals surface area contributed by atoms with Crippen LogP contribution in [0, 0.1) is 0 Å². The molecule has 1 aliphatic rings. The molecule has 3 atom stereocenters. The van der Waals surface area contributed by atoms with Crippen LogP contribution in [0.1, 0.15) is 37.7 Å². The average molecular weight is 218 g/mol. The minimum atomic E-state index is 0.339. The molecule has 0 heterocycles. The molecular weight excluding hydrogens is 196 g/mol. The van der Waals surface area contributed by atoms with Crippen LogP contribution in [-0.2, 0) is 0 Å². The molecule has 0 aliphatic heterocycles. The maximum atomic E-state index is 5.72. The van der Waals surface area contributed by atoms with Crippen LogP contribution in [0.3, 0.4) is 0 Å². The van der Waals surface area contributed by atoms with Crippen molar-refractivity contribution in [3.63, 3.8) is 0 Å².